The Hall–Kier alpha value is -1.71. The molecule has 0 radical (unpaired) electrons. The van der Waals surface area contributed by atoms with Crippen molar-refractivity contribution in [3.8, 4) is 5.88 Å². The summed E-state index contributed by atoms with van der Waals surface area (Å²) in [6, 6.07) is 3.61. The molecule has 2 N–H and O–H groups in total. The molecule has 2 rings (SSSR count). The largest absolute Gasteiger partial charge is 0.447 e. The molecule has 0 saturated heterocycles. The van der Waals surface area contributed by atoms with Crippen LogP contribution in [0.5, 0.6) is 0 Å². The van der Waals surface area contributed by atoms with Gasteiger partial charge in [-0.1, -0.05) is 0 Å². The zero-order valence-electron chi connectivity index (χ0n) is 5.77. The molecule has 0 aliphatic rings. The van der Waals surface area contributed by atoms with E-state index in [2.05, 4.69) is 5.10 Å². The first kappa shape index (κ1) is 6.03. The maximum atomic E-state index is 5.46. The van der Waals surface area contributed by atoms with Crippen LogP contribution in [0.3, 0.4) is 0 Å². The standard InChI is InChI=1S/C7H7N3O/c8-6-4-9-10(5-6)7-2-1-3-11-7/h1-5H,8H2. The number of furan rings is 1. The highest BCUT2D eigenvalue weighted by Gasteiger charge is 1.98. The fourth-order valence-electron chi connectivity index (χ4n) is 0.858. The van der Waals surface area contributed by atoms with E-state index in [0.717, 1.165) is 0 Å². The third kappa shape index (κ3) is 0.980. The second-order valence-corrected chi connectivity index (χ2v) is 2.17. The van der Waals surface area contributed by atoms with Crippen molar-refractivity contribution in [1.29, 1.82) is 0 Å². The van der Waals surface area contributed by atoms with Gasteiger partial charge in [0.25, 0.3) is 0 Å². The Labute approximate surface area is 63.2 Å². The van der Waals surface area contributed by atoms with Crippen molar-refractivity contribution in [3.05, 3.63) is 30.8 Å². The SMILES string of the molecule is Nc1cnn(-c2ccco2)c1. The molecule has 0 saturated carbocycles. The number of anilines is 1. The molecule has 0 bridgehead atoms. The van der Waals surface area contributed by atoms with Crippen molar-refractivity contribution < 1.29 is 4.42 Å². The van der Waals surface area contributed by atoms with Crippen molar-refractivity contribution >= 4 is 5.69 Å². The van der Waals surface area contributed by atoms with E-state index in [0.29, 0.717) is 11.6 Å². The molecule has 56 valence electrons. The van der Waals surface area contributed by atoms with Gasteiger partial charge >= 0.3 is 0 Å². The summed E-state index contributed by atoms with van der Waals surface area (Å²) in [7, 11) is 0. The Kier molecular flexibility index (Phi) is 1.18. The fraction of sp³-hybridized carbons (Fsp3) is 0. The summed E-state index contributed by atoms with van der Waals surface area (Å²) in [6.07, 6.45) is 4.86. The summed E-state index contributed by atoms with van der Waals surface area (Å²) in [4.78, 5) is 0. The molecule has 0 unspecified atom stereocenters. The van der Waals surface area contributed by atoms with Crippen molar-refractivity contribution in [2.24, 2.45) is 0 Å². The second-order valence-electron chi connectivity index (χ2n) is 2.17. The Morgan fingerprint density at radius 2 is 2.45 bits per heavy atom. The van der Waals surface area contributed by atoms with Crippen LogP contribution in [0.2, 0.25) is 0 Å². The first-order chi connectivity index (χ1) is 5.36. The molecule has 11 heavy (non-hydrogen) atoms. The van der Waals surface area contributed by atoms with Gasteiger partial charge in [-0.25, -0.2) is 4.68 Å². The lowest BCUT2D eigenvalue weighted by molar-refractivity contribution is 0.522. The highest BCUT2D eigenvalue weighted by molar-refractivity contribution is 5.33. The predicted molar refractivity (Wildman–Crippen MR) is 40.2 cm³/mol. The minimum absolute atomic E-state index is 0.626. The van der Waals surface area contributed by atoms with Gasteiger partial charge in [-0.2, -0.15) is 5.10 Å². The molecule has 2 aromatic rings. The Bertz CT molecular complexity index is 336. The molecule has 0 aromatic carbocycles. The van der Waals surface area contributed by atoms with Gasteiger partial charge in [0.15, 0.2) is 0 Å². The topological polar surface area (TPSA) is 57.0 Å². The zero-order chi connectivity index (χ0) is 7.68. The molecule has 4 nitrogen and oxygen atoms in total. The molecular weight excluding hydrogens is 142 g/mol. The molecular formula is C7H7N3O. The van der Waals surface area contributed by atoms with E-state index >= 15 is 0 Å². The monoisotopic (exact) mass is 149 g/mol. The smallest absolute Gasteiger partial charge is 0.219 e. The van der Waals surface area contributed by atoms with Crippen LogP contribution in [-0.4, -0.2) is 9.78 Å². The van der Waals surface area contributed by atoms with E-state index < -0.39 is 0 Å². The van der Waals surface area contributed by atoms with Crippen molar-refractivity contribution in [3.63, 3.8) is 0 Å². The van der Waals surface area contributed by atoms with Gasteiger partial charge in [0.2, 0.25) is 5.88 Å². The number of aromatic nitrogens is 2. The Morgan fingerprint density at radius 3 is 3.00 bits per heavy atom. The van der Waals surface area contributed by atoms with Crippen molar-refractivity contribution in [2.75, 3.05) is 5.73 Å². The summed E-state index contributed by atoms with van der Waals surface area (Å²) in [6.45, 7) is 0. The summed E-state index contributed by atoms with van der Waals surface area (Å²) < 4.78 is 6.66. The van der Waals surface area contributed by atoms with E-state index in [9.17, 15) is 0 Å². The number of nitrogen functional groups attached to an aromatic ring is 1. The summed E-state index contributed by atoms with van der Waals surface area (Å²) in [5, 5.41) is 3.96. The van der Waals surface area contributed by atoms with Crippen LogP contribution in [0.4, 0.5) is 5.69 Å². The molecule has 4 heteroatoms. The minimum atomic E-state index is 0.626. The van der Waals surface area contributed by atoms with Gasteiger partial charge in [-0.05, 0) is 6.07 Å². The molecule has 2 aromatic heterocycles. The highest BCUT2D eigenvalue weighted by atomic mass is 16.3. The maximum absolute atomic E-state index is 5.46. The van der Waals surface area contributed by atoms with Gasteiger partial charge in [0.05, 0.1) is 24.3 Å². The molecule has 0 aliphatic heterocycles. The number of hydrogen-bond acceptors (Lipinski definition) is 3. The van der Waals surface area contributed by atoms with E-state index in [-0.39, 0.29) is 0 Å². The van der Waals surface area contributed by atoms with Crippen LogP contribution in [0.15, 0.2) is 35.2 Å². The summed E-state index contributed by atoms with van der Waals surface area (Å²) >= 11 is 0. The average Bonchev–Trinajstić information content (AvgIpc) is 2.55. The minimum Gasteiger partial charge on any atom is -0.447 e. The van der Waals surface area contributed by atoms with Crippen LogP contribution in [0.1, 0.15) is 0 Å². The number of nitrogens with two attached hydrogens (primary N) is 1. The van der Waals surface area contributed by atoms with Gasteiger partial charge in [0.1, 0.15) is 0 Å². The van der Waals surface area contributed by atoms with Crippen LogP contribution in [0, 0.1) is 0 Å². The highest BCUT2D eigenvalue weighted by Crippen LogP contribution is 2.08. The predicted octanol–water partition coefficient (Wildman–Crippen LogP) is 1.05. The zero-order valence-corrected chi connectivity index (χ0v) is 5.77. The van der Waals surface area contributed by atoms with E-state index in [4.69, 9.17) is 10.2 Å². The molecule has 0 fully saturated rings. The van der Waals surface area contributed by atoms with Gasteiger partial charge in [-0.3, -0.25) is 0 Å². The summed E-state index contributed by atoms with van der Waals surface area (Å²) in [5.41, 5.74) is 6.09. The number of rotatable bonds is 1. The van der Waals surface area contributed by atoms with E-state index in [1.807, 2.05) is 6.07 Å². The lowest BCUT2D eigenvalue weighted by Gasteiger charge is -1.91. The average molecular weight is 149 g/mol. The van der Waals surface area contributed by atoms with Crippen molar-refractivity contribution in [1.82, 2.24) is 9.78 Å². The first-order valence-electron chi connectivity index (χ1n) is 3.20. The van der Waals surface area contributed by atoms with Crippen LogP contribution < -0.4 is 5.73 Å². The maximum Gasteiger partial charge on any atom is 0.219 e. The normalized spacial score (nSPS) is 10.2. The number of nitrogens with zero attached hydrogens (tertiary/aromatic N) is 2. The molecule has 0 aliphatic carbocycles. The van der Waals surface area contributed by atoms with Gasteiger partial charge < -0.3 is 10.2 Å². The lowest BCUT2D eigenvalue weighted by Crippen LogP contribution is -1.90. The van der Waals surface area contributed by atoms with Gasteiger partial charge in [-0.15, -0.1) is 0 Å². The van der Waals surface area contributed by atoms with Crippen LogP contribution in [-0.2, 0) is 0 Å². The van der Waals surface area contributed by atoms with Crippen LogP contribution >= 0.6 is 0 Å². The Morgan fingerprint density at radius 1 is 1.55 bits per heavy atom. The van der Waals surface area contributed by atoms with Gasteiger partial charge in [0, 0.05) is 6.07 Å². The van der Waals surface area contributed by atoms with Crippen LogP contribution in [0.25, 0.3) is 5.88 Å². The van der Waals surface area contributed by atoms with E-state index in [1.54, 1.807) is 29.4 Å². The first-order valence-corrected chi connectivity index (χ1v) is 3.20. The third-order valence-electron chi connectivity index (χ3n) is 1.33. The summed E-state index contributed by atoms with van der Waals surface area (Å²) in [5.74, 6) is 0.668. The molecule has 0 spiro atoms. The Balaban J connectivity index is 2.45. The lowest BCUT2D eigenvalue weighted by atomic mass is 10.6. The molecule has 0 amide bonds. The quantitative estimate of drug-likeness (QED) is 0.659. The number of hydrogen-bond donors (Lipinski definition) is 1. The van der Waals surface area contributed by atoms with Crippen molar-refractivity contribution in [2.45, 2.75) is 0 Å². The fourth-order valence-corrected chi connectivity index (χ4v) is 0.858. The van der Waals surface area contributed by atoms with E-state index in [1.165, 1.54) is 0 Å². The third-order valence-corrected chi connectivity index (χ3v) is 1.33. The molecule has 2 heterocycles. The molecule has 0 atom stereocenters. The second kappa shape index (κ2) is 2.16.